The molecule has 9 rings (SSSR count). The average molecular weight is 674 g/mol. The van der Waals surface area contributed by atoms with Gasteiger partial charge < -0.3 is 4.90 Å². The van der Waals surface area contributed by atoms with Gasteiger partial charge in [0.2, 0.25) is 0 Å². The minimum Gasteiger partial charge on any atom is -0.310 e. The fourth-order valence-electron chi connectivity index (χ4n) is 7.48. The van der Waals surface area contributed by atoms with Crippen LogP contribution in [0.15, 0.2) is 189 Å². The van der Waals surface area contributed by atoms with Gasteiger partial charge in [0.1, 0.15) is 0 Å². The fourth-order valence-corrected chi connectivity index (χ4v) is 8.71. The predicted molar refractivity (Wildman–Crippen MR) is 223 cm³/mol. The number of para-hydroxylation sites is 1. The topological polar surface area (TPSA) is 3.24 Å². The Kier molecular flexibility index (Phi) is 8.47. The Morgan fingerprint density at radius 1 is 0.471 bits per heavy atom. The number of thiophene rings is 1. The van der Waals surface area contributed by atoms with Crippen molar-refractivity contribution in [1.82, 2.24) is 0 Å². The Hall–Kier alpha value is -5.96. The molecule has 2 heteroatoms. The highest BCUT2D eigenvalue weighted by molar-refractivity contribution is 7.26. The summed E-state index contributed by atoms with van der Waals surface area (Å²) in [7, 11) is 0. The lowest BCUT2D eigenvalue weighted by Crippen LogP contribution is -2.16. The molecule has 0 N–H and O–H groups in total. The second kappa shape index (κ2) is 13.4. The van der Waals surface area contributed by atoms with E-state index in [4.69, 9.17) is 0 Å². The number of hydrogen-bond acceptors (Lipinski definition) is 2. The minimum absolute atomic E-state index is 0.0528. The van der Waals surface area contributed by atoms with Crippen molar-refractivity contribution < 1.29 is 0 Å². The van der Waals surface area contributed by atoms with Crippen LogP contribution in [0.25, 0.3) is 53.6 Å². The van der Waals surface area contributed by atoms with E-state index < -0.39 is 0 Å². The van der Waals surface area contributed by atoms with Crippen LogP contribution in [0.2, 0.25) is 0 Å². The molecule has 1 heterocycles. The number of rotatable bonds is 6. The van der Waals surface area contributed by atoms with Crippen LogP contribution in [0.1, 0.15) is 25.0 Å². The first-order valence-corrected chi connectivity index (χ1v) is 18.2. The molecular weight excluding hydrogens is 635 g/mol. The van der Waals surface area contributed by atoms with Crippen molar-refractivity contribution in [3.8, 4) is 33.4 Å². The van der Waals surface area contributed by atoms with Crippen LogP contribution in [0.5, 0.6) is 0 Å². The third-order valence-corrected chi connectivity index (χ3v) is 11.3. The van der Waals surface area contributed by atoms with Crippen molar-refractivity contribution in [2.24, 2.45) is 0 Å². The van der Waals surface area contributed by atoms with Gasteiger partial charge in [-0.05, 0) is 87.0 Å². The van der Waals surface area contributed by atoms with Crippen molar-refractivity contribution in [2.45, 2.75) is 19.3 Å². The molecule has 0 bridgehead atoms. The zero-order valence-electron chi connectivity index (χ0n) is 29.0. The zero-order chi connectivity index (χ0) is 35.0. The maximum Gasteiger partial charge on any atom is 0.0465 e. The summed E-state index contributed by atoms with van der Waals surface area (Å²) >= 11 is 1.88. The van der Waals surface area contributed by atoms with Gasteiger partial charge in [0.25, 0.3) is 0 Å². The van der Waals surface area contributed by atoms with Gasteiger partial charge in [-0.2, -0.15) is 0 Å². The standard InChI is InChI=1S/C45H33NS.C4H6/c1-45(2)41-17-8-6-13-37(41)38-28-27-35(29-42(38)45)46(33-11-4-3-5-12-33)34-25-23-31(24-26-34)30-19-21-32(22-20-30)36-15-10-16-40-39-14-7-9-18-43(39)47-44(36)40;1-3-4-2/h3-29H,1-2H3;3-4H,1-2H2. The van der Waals surface area contributed by atoms with Gasteiger partial charge in [0, 0.05) is 42.6 Å². The van der Waals surface area contributed by atoms with Gasteiger partial charge in [-0.3, -0.25) is 0 Å². The second-order valence-corrected chi connectivity index (χ2v) is 14.5. The summed E-state index contributed by atoms with van der Waals surface area (Å²) in [5.41, 5.74) is 13.8. The molecule has 0 saturated carbocycles. The summed E-state index contributed by atoms with van der Waals surface area (Å²) in [4.78, 5) is 2.37. The summed E-state index contributed by atoms with van der Waals surface area (Å²) in [5.74, 6) is 0. The van der Waals surface area contributed by atoms with E-state index in [2.05, 4.69) is 196 Å². The van der Waals surface area contributed by atoms with Crippen LogP contribution >= 0.6 is 11.3 Å². The highest BCUT2D eigenvalue weighted by Crippen LogP contribution is 2.50. The molecule has 0 radical (unpaired) electrons. The summed E-state index contributed by atoms with van der Waals surface area (Å²) in [6.45, 7) is 11.4. The Bertz CT molecular complexity index is 2510. The van der Waals surface area contributed by atoms with Crippen LogP contribution in [0, 0.1) is 0 Å². The molecule has 1 aromatic heterocycles. The quantitative estimate of drug-likeness (QED) is 0.159. The van der Waals surface area contributed by atoms with Gasteiger partial charge in [-0.25, -0.2) is 0 Å². The van der Waals surface area contributed by atoms with Crippen molar-refractivity contribution in [2.75, 3.05) is 4.90 Å². The fraction of sp³-hybridized carbons (Fsp3) is 0.0612. The van der Waals surface area contributed by atoms with E-state index in [0.29, 0.717) is 0 Å². The van der Waals surface area contributed by atoms with Crippen molar-refractivity contribution in [3.63, 3.8) is 0 Å². The molecule has 1 aliphatic rings. The molecule has 1 nitrogen and oxygen atoms in total. The second-order valence-electron chi connectivity index (χ2n) is 13.4. The van der Waals surface area contributed by atoms with Crippen molar-refractivity contribution >= 4 is 48.6 Å². The Morgan fingerprint density at radius 2 is 1.02 bits per heavy atom. The van der Waals surface area contributed by atoms with Gasteiger partial charge in [0.05, 0.1) is 0 Å². The van der Waals surface area contributed by atoms with Crippen LogP contribution in [0.4, 0.5) is 17.1 Å². The average Bonchev–Trinajstić information content (AvgIpc) is 3.68. The lowest BCUT2D eigenvalue weighted by atomic mass is 9.82. The molecule has 0 fully saturated rings. The van der Waals surface area contributed by atoms with Crippen molar-refractivity contribution in [1.29, 1.82) is 0 Å². The molecule has 0 unspecified atom stereocenters. The molecule has 0 aliphatic heterocycles. The number of nitrogens with zero attached hydrogens (tertiary/aromatic N) is 1. The molecule has 0 amide bonds. The number of fused-ring (bicyclic) bond motifs is 6. The number of hydrogen-bond donors (Lipinski definition) is 0. The first-order chi connectivity index (χ1) is 25.0. The summed E-state index contributed by atoms with van der Waals surface area (Å²) in [6.07, 6.45) is 3.28. The largest absolute Gasteiger partial charge is 0.310 e. The predicted octanol–water partition coefficient (Wildman–Crippen LogP) is 14.5. The van der Waals surface area contributed by atoms with Crippen LogP contribution < -0.4 is 4.90 Å². The molecule has 0 spiro atoms. The Morgan fingerprint density at radius 3 is 1.76 bits per heavy atom. The smallest absolute Gasteiger partial charge is 0.0465 e. The normalized spacial score (nSPS) is 12.4. The minimum atomic E-state index is -0.0528. The van der Waals surface area contributed by atoms with E-state index in [-0.39, 0.29) is 5.41 Å². The highest BCUT2D eigenvalue weighted by atomic mass is 32.1. The third-order valence-electron chi connectivity index (χ3n) is 10.1. The Balaban J connectivity index is 0.000000890. The monoisotopic (exact) mass is 673 g/mol. The molecule has 7 aromatic carbocycles. The van der Waals surface area contributed by atoms with Gasteiger partial charge in [-0.15, -0.1) is 11.3 Å². The summed E-state index contributed by atoms with van der Waals surface area (Å²) in [6, 6.07) is 59.9. The highest BCUT2D eigenvalue weighted by Gasteiger charge is 2.35. The molecule has 8 aromatic rings. The van der Waals surface area contributed by atoms with E-state index in [0.717, 1.165) is 11.4 Å². The molecule has 246 valence electrons. The number of benzene rings is 7. The van der Waals surface area contributed by atoms with Crippen LogP contribution in [-0.2, 0) is 5.41 Å². The first kappa shape index (κ1) is 32.3. The summed E-state index contributed by atoms with van der Waals surface area (Å²) in [5, 5.41) is 2.67. The van der Waals surface area contributed by atoms with Gasteiger partial charge >= 0.3 is 0 Å². The van der Waals surface area contributed by atoms with Crippen LogP contribution in [0.3, 0.4) is 0 Å². The van der Waals surface area contributed by atoms with E-state index in [1.54, 1.807) is 12.2 Å². The van der Waals surface area contributed by atoms with E-state index in [9.17, 15) is 0 Å². The molecule has 0 saturated heterocycles. The molecule has 51 heavy (non-hydrogen) atoms. The lowest BCUT2D eigenvalue weighted by molar-refractivity contribution is 0.660. The SMILES string of the molecule is C=CC=C.CC1(C)c2ccccc2-c2ccc(N(c3ccccc3)c3ccc(-c4ccc(-c5cccc6c5sc5ccccc56)cc4)cc3)cc21. The lowest BCUT2D eigenvalue weighted by Gasteiger charge is -2.28. The molecule has 1 aliphatic carbocycles. The zero-order valence-corrected chi connectivity index (χ0v) is 29.8. The van der Waals surface area contributed by atoms with Gasteiger partial charge in [-0.1, -0.05) is 160 Å². The maximum absolute atomic E-state index is 3.36. The van der Waals surface area contributed by atoms with Crippen molar-refractivity contribution in [3.05, 3.63) is 200 Å². The maximum atomic E-state index is 3.36. The van der Waals surface area contributed by atoms with Gasteiger partial charge in [0.15, 0.2) is 0 Å². The van der Waals surface area contributed by atoms with Crippen LogP contribution in [-0.4, -0.2) is 0 Å². The first-order valence-electron chi connectivity index (χ1n) is 17.4. The van der Waals surface area contributed by atoms with E-state index in [1.807, 2.05) is 11.3 Å². The van der Waals surface area contributed by atoms with E-state index in [1.165, 1.54) is 70.4 Å². The molecule has 0 atom stereocenters. The Labute approximate surface area is 305 Å². The third kappa shape index (κ3) is 5.78. The number of anilines is 3. The molecular formula is C49H39NS. The number of allylic oxidation sites excluding steroid dienone is 2. The van der Waals surface area contributed by atoms with E-state index >= 15 is 0 Å². The summed E-state index contributed by atoms with van der Waals surface area (Å²) < 4.78 is 2.69.